The Labute approximate surface area is 167 Å². The highest BCUT2D eigenvalue weighted by molar-refractivity contribution is 5.90. The summed E-state index contributed by atoms with van der Waals surface area (Å²) in [6, 6.07) is 17.9. The van der Waals surface area contributed by atoms with E-state index in [-0.39, 0.29) is 18.2 Å². The van der Waals surface area contributed by atoms with Crippen molar-refractivity contribution < 1.29 is 4.39 Å². The minimum absolute atomic E-state index is 0.187. The number of halogens is 1. The standard InChI is InChI=1S/C22H19FN6/c1-14-13-20(28-29(14)2)26-22-18-5-3-4-6-19(18)25-21(27-22)17(11-12-24)15-7-9-16(23)10-8-15/h3-10,13,17H,11H2,1-2H3,(H,25,26,27,28). The number of hydrogen-bond donors (Lipinski definition) is 1. The van der Waals surface area contributed by atoms with Crippen LogP contribution in [0.1, 0.15) is 29.4 Å². The van der Waals surface area contributed by atoms with Gasteiger partial charge in [-0.15, -0.1) is 0 Å². The van der Waals surface area contributed by atoms with E-state index in [9.17, 15) is 9.65 Å². The Kier molecular flexibility index (Phi) is 4.92. The monoisotopic (exact) mass is 386 g/mol. The first-order chi connectivity index (χ1) is 14.0. The molecule has 4 rings (SSSR count). The number of fused-ring (bicyclic) bond motifs is 1. The molecule has 0 saturated carbocycles. The van der Waals surface area contributed by atoms with Crippen molar-refractivity contribution in [3.05, 3.63) is 77.5 Å². The zero-order valence-electron chi connectivity index (χ0n) is 16.1. The Hall–Kier alpha value is -3.79. The fourth-order valence-corrected chi connectivity index (χ4v) is 3.23. The number of nitriles is 1. The quantitative estimate of drug-likeness (QED) is 0.542. The lowest BCUT2D eigenvalue weighted by Gasteiger charge is -2.16. The summed E-state index contributed by atoms with van der Waals surface area (Å²) in [6.07, 6.45) is 0.187. The summed E-state index contributed by atoms with van der Waals surface area (Å²) in [5.41, 5.74) is 2.57. The van der Waals surface area contributed by atoms with E-state index in [1.54, 1.807) is 16.8 Å². The number of nitrogens with one attached hydrogen (secondary N) is 1. The second-order valence-electron chi connectivity index (χ2n) is 6.83. The zero-order valence-corrected chi connectivity index (χ0v) is 16.1. The number of nitrogens with zero attached hydrogens (tertiary/aromatic N) is 5. The predicted octanol–water partition coefficient (Wildman–Crippen LogP) is 4.60. The number of aromatic nitrogens is 4. The van der Waals surface area contributed by atoms with Gasteiger partial charge in [-0.1, -0.05) is 24.3 Å². The number of para-hydroxylation sites is 1. The molecule has 6 nitrogen and oxygen atoms in total. The van der Waals surface area contributed by atoms with E-state index >= 15 is 0 Å². The maximum Gasteiger partial charge on any atom is 0.153 e. The fraction of sp³-hybridized carbons (Fsp3) is 0.182. The van der Waals surface area contributed by atoms with Gasteiger partial charge in [-0.2, -0.15) is 10.4 Å². The van der Waals surface area contributed by atoms with Crippen molar-refractivity contribution in [2.45, 2.75) is 19.3 Å². The van der Waals surface area contributed by atoms with Crippen LogP contribution in [0.5, 0.6) is 0 Å². The van der Waals surface area contributed by atoms with Crippen LogP contribution in [-0.4, -0.2) is 19.7 Å². The second-order valence-corrected chi connectivity index (χ2v) is 6.83. The third kappa shape index (κ3) is 3.78. The topological polar surface area (TPSA) is 79.4 Å². The van der Waals surface area contributed by atoms with Crippen LogP contribution in [-0.2, 0) is 7.05 Å². The molecule has 0 aliphatic carbocycles. The summed E-state index contributed by atoms with van der Waals surface area (Å²) in [5.74, 6) is 1.12. The number of anilines is 2. The Morgan fingerprint density at radius 2 is 1.90 bits per heavy atom. The van der Waals surface area contributed by atoms with Crippen LogP contribution in [0.2, 0.25) is 0 Å². The van der Waals surface area contributed by atoms with E-state index in [1.807, 2.05) is 44.3 Å². The summed E-state index contributed by atoms with van der Waals surface area (Å²) in [5, 5.41) is 17.9. The van der Waals surface area contributed by atoms with Gasteiger partial charge in [0.05, 0.1) is 17.5 Å². The van der Waals surface area contributed by atoms with Crippen molar-refractivity contribution in [1.29, 1.82) is 5.26 Å². The number of benzene rings is 2. The first-order valence-electron chi connectivity index (χ1n) is 9.22. The molecule has 0 amide bonds. The van der Waals surface area contributed by atoms with E-state index in [2.05, 4.69) is 16.5 Å². The lowest BCUT2D eigenvalue weighted by molar-refractivity contribution is 0.625. The summed E-state index contributed by atoms with van der Waals surface area (Å²) in [7, 11) is 1.88. The van der Waals surface area contributed by atoms with Gasteiger partial charge in [0, 0.05) is 30.6 Å². The second kappa shape index (κ2) is 7.68. The highest BCUT2D eigenvalue weighted by atomic mass is 19.1. The van der Waals surface area contributed by atoms with Crippen LogP contribution < -0.4 is 5.32 Å². The van der Waals surface area contributed by atoms with Crippen molar-refractivity contribution in [2.24, 2.45) is 7.05 Å². The first kappa shape index (κ1) is 18.6. The summed E-state index contributed by atoms with van der Waals surface area (Å²) in [6.45, 7) is 1.97. The summed E-state index contributed by atoms with van der Waals surface area (Å²) < 4.78 is 15.2. The molecule has 4 aromatic rings. The average Bonchev–Trinajstić information content (AvgIpc) is 3.04. The van der Waals surface area contributed by atoms with Crippen LogP contribution in [0.25, 0.3) is 10.9 Å². The molecular formula is C22H19FN6. The van der Waals surface area contributed by atoms with Crippen LogP contribution in [0.15, 0.2) is 54.6 Å². The summed E-state index contributed by atoms with van der Waals surface area (Å²) in [4.78, 5) is 9.43. The third-order valence-corrected chi connectivity index (χ3v) is 4.86. The fourth-order valence-electron chi connectivity index (χ4n) is 3.23. The van der Waals surface area contributed by atoms with Gasteiger partial charge in [0.2, 0.25) is 0 Å². The van der Waals surface area contributed by atoms with Crippen molar-refractivity contribution in [3.8, 4) is 6.07 Å². The van der Waals surface area contributed by atoms with Crippen molar-refractivity contribution in [1.82, 2.24) is 19.7 Å². The molecule has 1 atom stereocenters. The van der Waals surface area contributed by atoms with Crippen molar-refractivity contribution >= 4 is 22.5 Å². The van der Waals surface area contributed by atoms with Crippen LogP contribution in [0.4, 0.5) is 16.0 Å². The smallest absolute Gasteiger partial charge is 0.153 e. The molecule has 1 N–H and O–H groups in total. The van der Waals surface area contributed by atoms with Gasteiger partial charge in [0.25, 0.3) is 0 Å². The van der Waals surface area contributed by atoms with E-state index in [4.69, 9.17) is 9.97 Å². The summed E-state index contributed by atoms with van der Waals surface area (Å²) >= 11 is 0. The predicted molar refractivity (Wildman–Crippen MR) is 109 cm³/mol. The van der Waals surface area contributed by atoms with E-state index in [0.717, 1.165) is 22.2 Å². The van der Waals surface area contributed by atoms with Gasteiger partial charge in [0.1, 0.15) is 17.5 Å². The van der Waals surface area contributed by atoms with Gasteiger partial charge in [-0.3, -0.25) is 4.68 Å². The lowest BCUT2D eigenvalue weighted by Crippen LogP contribution is -2.09. The Morgan fingerprint density at radius 3 is 2.59 bits per heavy atom. The Bertz CT molecular complexity index is 1190. The molecule has 0 fully saturated rings. The molecule has 0 bridgehead atoms. The third-order valence-electron chi connectivity index (χ3n) is 4.86. The average molecular weight is 386 g/mol. The van der Waals surface area contributed by atoms with Crippen LogP contribution >= 0.6 is 0 Å². The van der Waals surface area contributed by atoms with Gasteiger partial charge in [0.15, 0.2) is 5.82 Å². The molecule has 2 aromatic heterocycles. The minimum atomic E-state index is -0.365. The normalized spacial score (nSPS) is 11.9. The lowest BCUT2D eigenvalue weighted by atomic mass is 9.95. The molecule has 0 aliphatic heterocycles. The van der Waals surface area contributed by atoms with Gasteiger partial charge in [-0.05, 0) is 36.8 Å². The van der Waals surface area contributed by atoms with Gasteiger partial charge in [-0.25, -0.2) is 14.4 Å². The minimum Gasteiger partial charge on any atom is -0.323 e. The number of hydrogen-bond acceptors (Lipinski definition) is 5. The zero-order chi connectivity index (χ0) is 20.4. The molecular weight excluding hydrogens is 367 g/mol. The largest absolute Gasteiger partial charge is 0.323 e. The Balaban J connectivity index is 1.83. The molecule has 0 saturated heterocycles. The van der Waals surface area contributed by atoms with E-state index in [1.165, 1.54) is 12.1 Å². The molecule has 7 heteroatoms. The number of rotatable bonds is 5. The molecule has 2 heterocycles. The molecule has 0 radical (unpaired) electrons. The van der Waals surface area contributed by atoms with Crippen molar-refractivity contribution in [3.63, 3.8) is 0 Å². The molecule has 1 unspecified atom stereocenters. The molecule has 29 heavy (non-hydrogen) atoms. The van der Waals surface area contributed by atoms with E-state index in [0.29, 0.717) is 17.5 Å². The van der Waals surface area contributed by atoms with E-state index < -0.39 is 0 Å². The van der Waals surface area contributed by atoms with Crippen LogP contribution in [0.3, 0.4) is 0 Å². The SMILES string of the molecule is Cc1cc(Nc2nc(C(CC#N)c3ccc(F)cc3)nc3ccccc23)nn1C. The molecule has 144 valence electrons. The molecule has 0 aliphatic rings. The maximum absolute atomic E-state index is 13.4. The first-order valence-corrected chi connectivity index (χ1v) is 9.22. The highest BCUT2D eigenvalue weighted by Gasteiger charge is 2.20. The molecule has 2 aromatic carbocycles. The van der Waals surface area contributed by atoms with Gasteiger partial charge >= 0.3 is 0 Å². The maximum atomic E-state index is 13.4. The van der Waals surface area contributed by atoms with Crippen LogP contribution in [0, 0.1) is 24.1 Å². The number of aryl methyl sites for hydroxylation is 2. The highest BCUT2D eigenvalue weighted by Crippen LogP contribution is 2.30. The molecule has 0 spiro atoms. The van der Waals surface area contributed by atoms with Crippen molar-refractivity contribution in [2.75, 3.05) is 5.32 Å². The Morgan fingerprint density at radius 1 is 1.14 bits per heavy atom. The van der Waals surface area contributed by atoms with Gasteiger partial charge < -0.3 is 5.32 Å².